The highest BCUT2D eigenvalue weighted by atomic mass is 31.2. The Morgan fingerprint density at radius 3 is 1.19 bits per heavy atom. The predicted octanol–water partition coefficient (Wildman–Crippen LogP) is 13.1. The molecule has 0 aromatic carbocycles. The number of unbranched alkanes of at least 4 members (excludes halogenated alkanes) is 29. The summed E-state index contributed by atoms with van der Waals surface area (Å²) in [6.45, 7) is 7.42. The van der Waals surface area contributed by atoms with Gasteiger partial charge < -0.3 is 27.9 Å². The van der Waals surface area contributed by atoms with E-state index in [1.165, 1.54) is 161 Å². The molecule has 0 aromatic rings. The molecule has 0 aliphatic carbocycles. The molecule has 0 saturated heterocycles. The van der Waals surface area contributed by atoms with Crippen molar-refractivity contribution in [2.24, 2.45) is 0 Å². The summed E-state index contributed by atoms with van der Waals surface area (Å²) in [5.41, 5.74) is 0. The van der Waals surface area contributed by atoms with Gasteiger partial charge >= 0.3 is 0 Å². The van der Waals surface area contributed by atoms with Crippen molar-refractivity contribution in [3.63, 3.8) is 0 Å². The van der Waals surface area contributed by atoms with E-state index in [9.17, 15) is 9.46 Å². The van der Waals surface area contributed by atoms with Gasteiger partial charge in [-0.15, -0.1) is 0 Å². The van der Waals surface area contributed by atoms with Crippen LogP contribution in [0.4, 0.5) is 0 Å². The van der Waals surface area contributed by atoms with Crippen molar-refractivity contribution >= 4 is 7.82 Å². The lowest BCUT2D eigenvalue weighted by molar-refractivity contribution is -0.870. The maximum absolute atomic E-state index is 12.5. The summed E-state index contributed by atoms with van der Waals surface area (Å²) >= 11 is 0. The minimum atomic E-state index is -4.37. The topological polar surface area (TPSA) is 77.1 Å². The van der Waals surface area contributed by atoms with Crippen molar-refractivity contribution in [2.45, 2.75) is 225 Å². The quantitative estimate of drug-likeness (QED) is 0.0349. The molecule has 0 aromatic heterocycles. The maximum atomic E-state index is 12.5. The number of nitrogens with zero attached hydrogens (tertiary/aromatic N) is 1. The van der Waals surface area contributed by atoms with E-state index in [2.05, 4.69) is 35.0 Å². The van der Waals surface area contributed by atoms with Gasteiger partial charge in [-0.25, -0.2) is 0 Å². The van der Waals surface area contributed by atoms with Crippen LogP contribution < -0.4 is 4.89 Å². The Kier molecular flexibility index (Phi) is 39.2. The number of hydrogen-bond acceptors (Lipinski definition) is 6. The number of ether oxygens (including phenoxy) is 2. The summed E-state index contributed by atoms with van der Waals surface area (Å²) in [6, 6.07) is 0. The fourth-order valence-electron chi connectivity index (χ4n) is 6.73. The van der Waals surface area contributed by atoms with E-state index < -0.39 is 13.9 Å². The molecule has 0 aliphatic heterocycles. The molecule has 0 spiro atoms. The van der Waals surface area contributed by atoms with Gasteiger partial charge in [0.25, 0.3) is 7.82 Å². The normalized spacial score (nSPS) is 13.9. The van der Waals surface area contributed by atoms with Gasteiger partial charge in [0.1, 0.15) is 6.10 Å². The van der Waals surface area contributed by atoms with Crippen LogP contribution in [0.25, 0.3) is 0 Å². The zero-order chi connectivity index (χ0) is 38.3. The van der Waals surface area contributed by atoms with Crippen LogP contribution in [0, 0.1) is 0 Å². The molecule has 8 heteroatoms. The first-order valence-electron chi connectivity index (χ1n) is 22.8. The van der Waals surface area contributed by atoms with Crippen molar-refractivity contribution < 1.29 is 32.5 Å². The third-order valence-corrected chi connectivity index (χ3v) is 11.2. The SMILES string of the molecule is CCCCCCCCCCCCCCCCOC[C@H](COP(=O)([O-])OCCCCCC[N+](C)(C)C)OCCCCCCCCCCCCCCCC. The fraction of sp³-hybridized carbons (Fsp3) is 1.00. The summed E-state index contributed by atoms with van der Waals surface area (Å²) in [4.78, 5) is 12.5. The van der Waals surface area contributed by atoms with E-state index in [1.54, 1.807) is 0 Å². The highest BCUT2D eigenvalue weighted by Gasteiger charge is 2.16. The molecule has 0 rings (SSSR count). The molecule has 0 amide bonds. The van der Waals surface area contributed by atoms with Crippen LogP contribution in [0.15, 0.2) is 0 Å². The lowest BCUT2D eigenvalue weighted by Crippen LogP contribution is -2.35. The second kappa shape index (κ2) is 39.2. The van der Waals surface area contributed by atoms with E-state index >= 15 is 0 Å². The summed E-state index contributed by atoms with van der Waals surface area (Å²) < 4.78 is 35.9. The summed E-state index contributed by atoms with van der Waals surface area (Å²) in [5.74, 6) is 0. The molecule has 52 heavy (non-hydrogen) atoms. The molecular weight excluding hydrogens is 669 g/mol. The maximum Gasteiger partial charge on any atom is 0.267 e. The van der Waals surface area contributed by atoms with Gasteiger partial charge in [0, 0.05) is 13.2 Å². The Bertz CT molecular complexity index is 749. The number of phosphoric ester groups is 1. The molecule has 1 unspecified atom stereocenters. The van der Waals surface area contributed by atoms with Gasteiger partial charge in [-0.3, -0.25) is 4.57 Å². The Balaban J connectivity index is 4.18. The van der Waals surface area contributed by atoms with Crippen molar-refractivity contribution in [3.05, 3.63) is 0 Å². The summed E-state index contributed by atoms with van der Waals surface area (Å²) in [7, 11) is 2.21. The minimum absolute atomic E-state index is 0.0539. The molecular formula is C44H92NO6P. The van der Waals surface area contributed by atoms with Gasteiger partial charge in [0.2, 0.25) is 0 Å². The van der Waals surface area contributed by atoms with Gasteiger partial charge in [-0.1, -0.05) is 187 Å². The first-order valence-corrected chi connectivity index (χ1v) is 24.3. The van der Waals surface area contributed by atoms with Crippen LogP contribution in [-0.4, -0.2) is 71.3 Å². The Labute approximate surface area is 325 Å². The zero-order valence-corrected chi connectivity index (χ0v) is 36.7. The molecule has 0 fully saturated rings. The molecule has 0 aliphatic rings. The molecule has 0 N–H and O–H groups in total. The standard InChI is InChI=1S/C44H92NO6P/c1-6-8-10-12-14-16-18-20-22-24-26-28-31-35-39-48-42-44(43-51-52(46,47)50-41-37-33-30-34-38-45(3,4)5)49-40-36-32-29-27-25-23-21-19-17-15-13-11-9-7-2/h44H,6-43H2,1-5H3/t44-/m1/s1. The van der Waals surface area contributed by atoms with E-state index in [4.69, 9.17) is 18.5 Å². The minimum Gasteiger partial charge on any atom is -0.756 e. The first kappa shape index (κ1) is 52.0. The highest BCUT2D eigenvalue weighted by Crippen LogP contribution is 2.38. The lowest BCUT2D eigenvalue weighted by atomic mass is 10.0. The Morgan fingerprint density at radius 1 is 0.442 bits per heavy atom. The number of quaternary nitrogens is 1. The molecule has 314 valence electrons. The van der Waals surface area contributed by atoms with E-state index in [0.29, 0.717) is 26.2 Å². The van der Waals surface area contributed by atoms with Crippen molar-refractivity contribution in [3.8, 4) is 0 Å². The smallest absolute Gasteiger partial charge is 0.267 e. The van der Waals surface area contributed by atoms with Crippen LogP contribution in [0.2, 0.25) is 0 Å². The van der Waals surface area contributed by atoms with Crippen LogP contribution in [0.3, 0.4) is 0 Å². The molecule has 7 nitrogen and oxygen atoms in total. The zero-order valence-electron chi connectivity index (χ0n) is 35.8. The monoisotopic (exact) mass is 762 g/mol. The lowest BCUT2D eigenvalue weighted by Gasteiger charge is -2.26. The van der Waals surface area contributed by atoms with Gasteiger partial charge in [0.05, 0.1) is 47.5 Å². The number of rotatable bonds is 44. The second-order valence-corrected chi connectivity index (χ2v) is 18.2. The first-order chi connectivity index (χ1) is 25.2. The van der Waals surface area contributed by atoms with Crippen molar-refractivity contribution in [1.82, 2.24) is 0 Å². The Morgan fingerprint density at radius 2 is 0.788 bits per heavy atom. The van der Waals surface area contributed by atoms with E-state index in [0.717, 1.165) is 49.6 Å². The van der Waals surface area contributed by atoms with Gasteiger partial charge in [-0.2, -0.15) is 0 Å². The average Bonchev–Trinajstić information content (AvgIpc) is 3.10. The third-order valence-electron chi connectivity index (χ3n) is 10.2. The third kappa shape index (κ3) is 42.7. The largest absolute Gasteiger partial charge is 0.756 e. The molecule has 0 saturated carbocycles. The summed E-state index contributed by atoms with van der Waals surface area (Å²) in [6.07, 6.45) is 40.6. The number of phosphoric acid groups is 1. The number of hydrogen-bond donors (Lipinski definition) is 0. The molecule has 0 heterocycles. The van der Waals surface area contributed by atoms with Crippen LogP contribution in [0.5, 0.6) is 0 Å². The van der Waals surface area contributed by atoms with Gasteiger partial charge in [0.15, 0.2) is 0 Å². The fourth-order valence-corrected chi connectivity index (χ4v) is 7.51. The van der Waals surface area contributed by atoms with Crippen LogP contribution in [0.1, 0.15) is 219 Å². The Hall–Kier alpha value is -0.0100. The molecule has 0 radical (unpaired) electrons. The second-order valence-electron chi connectivity index (χ2n) is 16.8. The van der Waals surface area contributed by atoms with E-state index in [1.807, 2.05) is 0 Å². The highest BCUT2D eigenvalue weighted by molar-refractivity contribution is 7.45. The van der Waals surface area contributed by atoms with Crippen LogP contribution >= 0.6 is 7.82 Å². The molecule has 2 atom stereocenters. The van der Waals surface area contributed by atoms with E-state index in [-0.39, 0.29) is 13.2 Å². The average molecular weight is 762 g/mol. The summed E-state index contributed by atoms with van der Waals surface area (Å²) in [5, 5.41) is 0. The predicted molar refractivity (Wildman–Crippen MR) is 222 cm³/mol. The van der Waals surface area contributed by atoms with Crippen molar-refractivity contribution in [2.75, 3.05) is 60.7 Å². The van der Waals surface area contributed by atoms with Crippen molar-refractivity contribution in [1.29, 1.82) is 0 Å². The van der Waals surface area contributed by atoms with Gasteiger partial charge in [-0.05, 0) is 32.1 Å². The molecule has 0 bridgehead atoms. The van der Waals surface area contributed by atoms with Crippen LogP contribution in [-0.2, 0) is 23.1 Å².